The first-order valence-corrected chi connectivity index (χ1v) is 23.2. The molecule has 5 atom stereocenters. The molecule has 60 heavy (non-hydrogen) atoms. The normalized spacial score (nSPS) is 20.2. The number of carbonyl (C=O) groups excluding carboxylic acids is 3. The van der Waals surface area contributed by atoms with Gasteiger partial charge in [-0.2, -0.15) is 0 Å². The van der Waals surface area contributed by atoms with Crippen LogP contribution in [0.15, 0.2) is 140 Å². The van der Waals surface area contributed by atoms with Crippen LogP contribution in [0.2, 0.25) is 18.6 Å². The van der Waals surface area contributed by atoms with Gasteiger partial charge in [0, 0.05) is 52.5 Å². The van der Waals surface area contributed by atoms with Gasteiger partial charge in [-0.15, -0.1) is 5.10 Å². The number of para-hydroxylation sites is 2. The van der Waals surface area contributed by atoms with Gasteiger partial charge in [0.15, 0.2) is 13.9 Å². The van der Waals surface area contributed by atoms with Crippen molar-refractivity contribution < 1.29 is 29.0 Å². The molecule has 0 radical (unpaired) electrons. The fourth-order valence-corrected chi connectivity index (χ4v) is 11.8. The Hall–Kier alpha value is -6.25. The summed E-state index contributed by atoms with van der Waals surface area (Å²) in [6.07, 6.45) is 3.29. The molecule has 5 aromatic carbocycles. The predicted molar refractivity (Wildman–Crippen MR) is 233 cm³/mol. The SMILES string of the molecule is C[C@@H]1[C@@H]([Si](C)(C)O)[C@H](CCn2cc(C(CO)c3ccccc3)nn2)O[C@@]12C(=O)N(Cc1ccc(N(C=O)c3ccccc3)cc1)c1ccc(N(C=O)c3ccccc3)cc12. The largest absolute Gasteiger partial charge is 0.432 e. The summed E-state index contributed by atoms with van der Waals surface area (Å²) in [5, 5.41) is 19.1. The zero-order valence-electron chi connectivity index (χ0n) is 33.8. The van der Waals surface area contributed by atoms with Crippen LogP contribution in [0.25, 0.3) is 0 Å². The molecule has 1 fully saturated rings. The van der Waals surface area contributed by atoms with Crippen molar-refractivity contribution in [3.05, 3.63) is 162 Å². The number of ether oxygens (including phenoxy) is 1. The molecular weight excluding hydrogens is 773 g/mol. The summed E-state index contributed by atoms with van der Waals surface area (Å²) in [7, 11) is -3.01. The van der Waals surface area contributed by atoms with Crippen LogP contribution >= 0.6 is 0 Å². The molecule has 13 heteroatoms. The topological polar surface area (TPSA) is 141 Å². The first-order chi connectivity index (χ1) is 29.1. The van der Waals surface area contributed by atoms with E-state index in [1.165, 1.54) is 0 Å². The Morgan fingerprint density at radius 1 is 0.817 bits per heavy atom. The summed E-state index contributed by atoms with van der Waals surface area (Å²) in [6.45, 7) is 6.27. The van der Waals surface area contributed by atoms with Gasteiger partial charge in [0.05, 0.1) is 36.6 Å². The Labute approximate surface area is 350 Å². The van der Waals surface area contributed by atoms with Crippen LogP contribution in [0.4, 0.5) is 28.4 Å². The second-order valence-electron chi connectivity index (χ2n) is 16.1. The molecule has 306 valence electrons. The molecule has 6 aromatic rings. The van der Waals surface area contributed by atoms with Crippen molar-refractivity contribution in [1.29, 1.82) is 0 Å². The highest BCUT2D eigenvalue weighted by molar-refractivity contribution is 6.71. The summed E-state index contributed by atoms with van der Waals surface area (Å²) in [5.74, 6) is -1.02. The molecule has 1 saturated heterocycles. The molecule has 3 amide bonds. The Kier molecular flexibility index (Phi) is 11.3. The van der Waals surface area contributed by atoms with E-state index in [1.807, 2.05) is 160 Å². The van der Waals surface area contributed by atoms with E-state index >= 15 is 4.79 Å². The lowest BCUT2D eigenvalue weighted by Gasteiger charge is -2.32. The van der Waals surface area contributed by atoms with Crippen molar-refractivity contribution in [3.8, 4) is 0 Å². The Balaban J connectivity index is 1.14. The molecule has 0 aliphatic carbocycles. The molecule has 12 nitrogen and oxygen atoms in total. The highest BCUT2D eigenvalue weighted by Gasteiger charge is 2.66. The molecule has 1 aromatic heterocycles. The third-order valence-electron chi connectivity index (χ3n) is 12.0. The number of carbonyl (C=O) groups is 3. The molecule has 0 bridgehead atoms. The maximum Gasteiger partial charge on any atom is 0.264 e. The number of anilines is 5. The van der Waals surface area contributed by atoms with E-state index in [0.717, 1.165) is 29.6 Å². The van der Waals surface area contributed by atoms with E-state index in [-0.39, 0.29) is 30.5 Å². The average Bonchev–Trinajstić information content (AvgIpc) is 3.92. The predicted octanol–water partition coefficient (Wildman–Crippen LogP) is 7.43. The summed E-state index contributed by atoms with van der Waals surface area (Å²) >= 11 is 0. The molecular formula is C47H48N6O6Si. The van der Waals surface area contributed by atoms with Gasteiger partial charge in [0.25, 0.3) is 5.91 Å². The number of hydrogen-bond acceptors (Lipinski definition) is 8. The number of aromatic nitrogens is 3. The zero-order valence-corrected chi connectivity index (χ0v) is 34.8. The zero-order chi connectivity index (χ0) is 42.0. The minimum absolute atomic E-state index is 0.123. The number of nitrogens with zero attached hydrogens (tertiary/aromatic N) is 6. The number of rotatable bonds is 15. The van der Waals surface area contributed by atoms with Crippen molar-refractivity contribution >= 4 is 55.5 Å². The highest BCUT2D eigenvalue weighted by Crippen LogP contribution is 2.60. The number of amides is 3. The van der Waals surface area contributed by atoms with E-state index in [0.29, 0.717) is 47.0 Å². The third kappa shape index (κ3) is 7.45. The van der Waals surface area contributed by atoms with Crippen molar-refractivity contribution in [3.63, 3.8) is 0 Å². The molecule has 2 N–H and O–H groups in total. The van der Waals surface area contributed by atoms with E-state index < -0.39 is 25.9 Å². The summed E-state index contributed by atoms with van der Waals surface area (Å²) in [5.41, 5.74) is 4.56. The molecule has 8 rings (SSSR count). The van der Waals surface area contributed by atoms with Crippen LogP contribution in [0.5, 0.6) is 0 Å². The first-order valence-electron chi connectivity index (χ1n) is 20.2. The van der Waals surface area contributed by atoms with E-state index in [1.54, 1.807) is 19.4 Å². The maximum atomic E-state index is 15.3. The number of benzene rings is 5. The van der Waals surface area contributed by atoms with E-state index in [9.17, 15) is 19.5 Å². The molecule has 1 spiro atoms. The van der Waals surface area contributed by atoms with Gasteiger partial charge in [0.1, 0.15) is 0 Å². The lowest BCUT2D eigenvalue weighted by atomic mass is 9.82. The van der Waals surface area contributed by atoms with Gasteiger partial charge in [-0.3, -0.25) is 28.9 Å². The minimum Gasteiger partial charge on any atom is -0.432 e. The number of fused-ring (bicyclic) bond motifs is 2. The summed E-state index contributed by atoms with van der Waals surface area (Å²) in [6, 6.07) is 41.5. The molecule has 0 saturated carbocycles. The van der Waals surface area contributed by atoms with Gasteiger partial charge in [-0.25, -0.2) is 0 Å². The summed E-state index contributed by atoms with van der Waals surface area (Å²) < 4.78 is 8.88. The van der Waals surface area contributed by atoms with Gasteiger partial charge >= 0.3 is 0 Å². The lowest BCUT2D eigenvalue weighted by molar-refractivity contribution is -0.146. The van der Waals surface area contributed by atoms with E-state index in [4.69, 9.17) is 4.74 Å². The first kappa shape index (κ1) is 40.5. The van der Waals surface area contributed by atoms with Gasteiger partial charge in [-0.05, 0) is 85.2 Å². The monoisotopic (exact) mass is 820 g/mol. The molecule has 3 heterocycles. The number of aliphatic hydroxyl groups excluding tert-OH is 1. The van der Waals surface area contributed by atoms with Crippen molar-refractivity contribution in [2.75, 3.05) is 21.3 Å². The smallest absolute Gasteiger partial charge is 0.264 e. The maximum absolute atomic E-state index is 15.3. The average molecular weight is 821 g/mol. The van der Waals surface area contributed by atoms with Crippen molar-refractivity contribution in [2.45, 2.75) is 62.7 Å². The van der Waals surface area contributed by atoms with Crippen molar-refractivity contribution in [2.24, 2.45) is 5.92 Å². The van der Waals surface area contributed by atoms with Crippen LogP contribution in [0, 0.1) is 5.92 Å². The van der Waals surface area contributed by atoms with E-state index in [2.05, 4.69) is 10.3 Å². The number of aryl methyl sites for hydroxylation is 1. The standard InChI is InChI=1S/C47H48N6O6Si/c1-33-45(60(2,3)58)44(25-26-50-29-42(48-49-50)40(30-54)35-13-7-4-8-14-35)59-47(33)41-27-39(53(32-56)37-17-11-6-12-18-37)23-24-43(41)51(46(47)57)28-34-19-21-38(22-20-34)52(31-55)36-15-9-5-10-16-36/h4-24,27,29,31-33,40,44-45,54,58H,25-26,28,30H2,1-3H3/t33-,40?,44+,45-,47+/m1/s1. The van der Waals surface area contributed by atoms with Crippen LogP contribution in [0.3, 0.4) is 0 Å². The lowest BCUT2D eigenvalue weighted by Crippen LogP contribution is -2.46. The van der Waals surface area contributed by atoms with Gasteiger partial charge < -0.3 is 19.5 Å². The second-order valence-corrected chi connectivity index (χ2v) is 20.1. The number of aliphatic hydroxyl groups is 1. The minimum atomic E-state index is -3.01. The quantitative estimate of drug-likeness (QED) is 0.0806. The summed E-state index contributed by atoms with van der Waals surface area (Å²) in [4.78, 5) is 57.0. The Morgan fingerprint density at radius 2 is 1.38 bits per heavy atom. The fourth-order valence-electron chi connectivity index (χ4n) is 9.20. The van der Waals surface area contributed by atoms with Gasteiger partial charge in [0.2, 0.25) is 12.8 Å². The molecule has 2 aliphatic rings. The molecule has 1 unspecified atom stereocenters. The Bertz CT molecular complexity index is 2450. The fraction of sp³-hybridized carbons (Fsp3) is 0.255. The van der Waals surface area contributed by atoms with Crippen LogP contribution in [-0.2, 0) is 37.8 Å². The van der Waals surface area contributed by atoms with Crippen LogP contribution in [-0.4, -0.2) is 64.7 Å². The van der Waals surface area contributed by atoms with Crippen LogP contribution in [0.1, 0.15) is 41.6 Å². The Morgan fingerprint density at radius 3 is 1.97 bits per heavy atom. The second kappa shape index (κ2) is 16.8. The third-order valence-corrected chi connectivity index (χ3v) is 14.5. The number of hydrogen-bond donors (Lipinski definition) is 2. The van der Waals surface area contributed by atoms with Crippen LogP contribution < -0.4 is 14.7 Å². The highest BCUT2D eigenvalue weighted by atomic mass is 28.4. The molecule has 2 aliphatic heterocycles. The van der Waals surface area contributed by atoms with Crippen molar-refractivity contribution in [1.82, 2.24) is 15.0 Å². The van der Waals surface area contributed by atoms with Gasteiger partial charge in [-0.1, -0.05) is 91.0 Å².